The normalized spacial score (nSPS) is 18.7. The molecule has 190 valence electrons. The van der Waals surface area contributed by atoms with Crippen molar-refractivity contribution in [3.8, 4) is 5.75 Å². The standard InChI is InChI=1S/C26H35F3O5/c1-2-3-4-5-18-33-24(30)16-9-20-7-12-23(13-8-20)34-25(31)21-10-14-22(15-11-21)32-19-6-17-26(27,28)29/h7-9,12-13,16,21-22H,2-6,10-11,14-15,17-19H2,1H3. The van der Waals surface area contributed by atoms with Gasteiger partial charge >= 0.3 is 18.1 Å². The van der Waals surface area contributed by atoms with Gasteiger partial charge in [-0.2, -0.15) is 13.2 Å². The molecule has 0 aromatic heterocycles. The van der Waals surface area contributed by atoms with Crippen molar-refractivity contribution < 1.29 is 37.0 Å². The summed E-state index contributed by atoms with van der Waals surface area (Å²) in [6.07, 6.45) is 4.50. The van der Waals surface area contributed by atoms with E-state index in [0.717, 1.165) is 31.2 Å². The number of benzene rings is 1. The van der Waals surface area contributed by atoms with Gasteiger partial charge < -0.3 is 14.2 Å². The summed E-state index contributed by atoms with van der Waals surface area (Å²) < 4.78 is 52.7. The molecule has 5 nitrogen and oxygen atoms in total. The van der Waals surface area contributed by atoms with Crippen molar-refractivity contribution in [1.29, 1.82) is 0 Å². The van der Waals surface area contributed by atoms with Gasteiger partial charge in [0.05, 0.1) is 18.6 Å². The van der Waals surface area contributed by atoms with Crippen molar-refractivity contribution in [2.75, 3.05) is 13.2 Å². The Kier molecular flexibility index (Phi) is 12.2. The minimum atomic E-state index is -4.15. The number of carbonyl (C=O) groups excluding carboxylic acids is 2. The van der Waals surface area contributed by atoms with E-state index in [-0.39, 0.29) is 37.0 Å². The molecule has 8 heteroatoms. The van der Waals surface area contributed by atoms with Crippen LogP contribution >= 0.6 is 0 Å². The lowest BCUT2D eigenvalue weighted by Crippen LogP contribution is -2.29. The maximum absolute atomic E-state index is 12.4. The van der Waals surface area contributed by atoms with Crippen LogP contribution in [0.25, 0.3) is 6.08 Å². The first-order valence-electron chi connectivity index (χ1n) is 12.1. The van der Waals surface area contributed by atoms with E-state index < -0.39 is 12.6 Å². The summed E-state index contributed by atoms with van der Waals surface area (Å²) in [5.74, 6) is -0.523. The van der Waals surface area contributed by atoms with E-state index in [1.807, 2.05) is 0 Å². The molecule has 1 saturated carbocycles. The lowest BCUT2D eigenvalue weighted by molar-refractivity contribution is -0.143. The van der Waals surface area contributed by atoms with E-state index >= 15 is 0 Å². The second-order valence-electron chi connectivity index (χ2n) is 8.61. The number of rotatable bonds is 13. The largest absolute Gasteiger partial charge is 0.463 e. The minimum Gasteiger partial charge on any atom is -0.463 e. The van der Waals surface area contributed by atoms with Gasteiger partial charge in [0.1, 0.15) is 5.75 Å². The Morgan fingerprint density at radius 1 is 0.971 bits per heavy atom. The van der Waals surface area contributed by atoms with Crippen molar-refractivity contribution in [2.45, 2.75) is 83.4 Å². The van der Waals surface area contributed by atoms with Crippen molar-refractivity contribution in [3.05, 3.63) is 35.9 Å². The van der Waals surface area contributed by atoms with E-state index in [4.69, 9.17) is 14.2 Å². The van der Waals surface area contributed by atoms with Crippen LogP contribution in [0.3, 0.4) is 0 Å². The van der Waals surface area contributed by atoms with Crippen LogP contribution in [0, 0.1) is 5.92 Å². The van der Waals surface area contributed by atoms with Gasteiger partial charge in [0, 0.05) is 19.1 Å². The fourth-order valence-electron chi connectivity index (χ4n) is 3.75. The zero-order chi connectivity index (χ0) is 24.8. The Morgan fingerprint density at radius 2 is 1.68 bits per heavy atom. The van der Waals surface area contributed by atoms with Crippen LogP contribution in [0.2, 0.25) is 0 Å². The van der Waals surface area contributed by atoms with Crippen LogP contribution in [0.1, 0.15) is 76.7 Å². The second kappa shape index (κ2) is 14.8. The molecular formula is C26H35F3O5. The number of hydrogen-bond acceptors (Lipinski definition) is 5. The highest BCUT2D eigenvalue weighted by atomic mass is 19.4. The fourth-order valence-corrected chi connectivity index (χ4v) is 3.75. The van der Waals surface area contributed by atoms with E-state index in [9.17, 15) is 22.8 Å². The Labute approximate surface area is 199 Å². The average Bonchev–Trinajstić information content (AvgIpc) is 2.81. The van der Waals surface area contributed by atoms with Crippen molar-refractivity contribution in [3.63, 3.8) is 0 Å². The molecule has 1 aliphatic carbocycles. The van der Waals surface area contributed by atoms with Gasteiger partial charge in [-0.15, -0.1) is 0 Å². The molecule has 1 aromatic rings. The van der Waals surface area contributed by atoms with E-state index in [0.29, 0.717) is 38.0 Å². The third-order valence-electron chi connectivity index (χ3n) is 5.72. The Hall–Kier alpha value is -2.35. The number of esters is 2. The molecule has 34 heavy (non-hydrogen) atoms. The van der Waals surface area contributed by atoms with Gasteiger partial charge in [0.15, 0.2) is 0 Å². The average molecular weight is 485 g/mol. The molecule has 0 spiro atoms. The molecule has 0 heterocycles. The van der Waals surface area contributed by atoms with Gasteiger partial charge in [-0.3, -0.25) is 4.79 Å². The number of alkyl halides is 3. The van der Waals surface area contributed by atoms with Crippen molar-refractivity contribution in [2.24, 2.45) is 5.92 Å². The maximum atomic E-state index is 12.4. The summed E-state index contributed by atoms with van der Waals surface area (Å²) in [6.45, 7) is 2.63. The second-order valence-corrected chi connectivity index (χ2v) is 8.61. The Morgan fingerprint density at radius 3 is 2.32 bits per heavy atom. The molecule has 0 unspecified atom stereocenters. The van der Waals surface area contributed by atoms with Crippen molar-refractivity contribution >= 4 is 18.0 Å². The molecule has 1 aliphatic rings. The SMILES string of the molecule is CCCCCCOC(=O)C=Cc1ccc(OC(=O)C2CCC(OCCCC(F)(F)F)CC2)cc1. The summed E-state index contributed by atoms with van der Waals surface area (Å²) in [7, 11) is 0. The quantitative estimate of drug-likeness (QED) is 0.136. The molecule has 0 bridgehead atoms. The minimum absolute atomic E-state index is 0.0448. The summed E-state index contributed by atoms with van der Waals surface area (Å²) in [5, 5.41) is 0. The van der Waals surface area contributed by atoms with Crippen LogP contribution in [0.4, 0.5) is 13.2 Å². The summed E-state index contributed by atoms with van der Waals surface area (Å²) in [4.78, 5) is 24.2. The molecule has 0 amide bonds. The van der Waals surface area contributed by atoms with Gasteiger partial charge in [-0.05, 0) is 62.3 Å². The molecule has 1 aromatic carbocycles. The maximum Gasteiger partial charge on any atom is 0.389 e. The van der Waals surface area contributed by atoms with Crippen molar-refractivity contribution in [1.82, 2.24) is 0 Å². The molecule has 0 aliphatic heterocycles. The highest BCUT2D eigenvalue weighted by Gasteiger charge is 2.29. The van der Waals surface area contributed by atoms with Gasteiger partial charge in [0.25, 0.3) is 0 Å². The van der Waals surface area contributed by atoms with Gasteiger partial charge in [0.2, 0.25) is 0 Å². The number of unbranched alkanes of at least 4 members (excludes halogenated alkanes) is 3. The first-order valence-corrected chi connectivity index (χ1v) is 12.1. The smallest absolute Gasteiger partial charge is 0.389 e. The molecule has 0 radical (unpaired) electrons. The zero-order valence-corrected chi connectivity index (χ0v) is 19.8. The van der Waals surface area contributed by atoms with Crippen LogP contribution < -0.4 is 4.74 Å². The van der Waals surface area contributed by atoms with Crippen LogP contribution in [-0.2, 0) is 19.1 Å². The third kappa shape index (κ3) is 11.7. The fraction of sp³-hybridized carbons (Fsp3) is 0.615. The predicted molar refractivity (Wildman–Crippen MR) is 123 cm³/mol. The van der Waals surface area contributed by atoms with E-state index in [1.165, 1.54) is 6.08 Å². The molecule has 0 N–H and O–H groups in total. The molecule has 0 saturated heterocycles. The molecule has 0 atom stereocenters. The highest BCUT2D eigenvalue weighted by molar-refractivity contribution is 5.87. The monoisotopic (exact) mass is 484 g/mol. The zero-order valence-electron chi connectivity index (χ0n) is 19.8. The summed E-state index contributed by atoms with van der Waals surface area (Å²) in [5.41, 5.74) is 0.783. The first-order chi connectivity index (χ1) is 16.3. The number of ether oxygens (including phenoxy) is 3. The van der Waals surface area contributed by atoms with Crippen LogP contribution in [0.5, 0.6) is 5.75 Å². The number of carbonyl (C=O) groups is 2. The highest BCUT2D eigenvalue weighted by Crippen LogP contribution is 2.29. The van der Waals surface area contributed by atoms with E-state index in [1.54, 1.807) is 30.3 Å². The van der Waals surface area contributed by atoms with Crippen LogP contribution in [-0.4, -0.2) is 37.4 Å². The topological polar surface area (TPSA) is 61.8 Å². The van der Waals surface area contributed by atoms with Gasteiger partial charge in [-0.1, -0.05) is 38.3 Å². The predicted octanol–water partition coefficient (Wildman–Crippen LogP) is 6.65. The summed E-state index contributed by atoms with van der Waals surface area (Å²) in [6, 6.07) is 6.84. The lowest BCUT2D eigenvalue weighted by Gasteiger charge is -2.27. The first kappa shape index (κ1) is 27.9. The third-order valence-corrected chi connectivity index (χ3v) is 5.72. The Balaban J connectivity index is 1.66. The molecular weight excluding hydrogens is 449 g/mol. The molecule has 1 fully saturated rings. The van der Waals surface area contributed by atoms with Crippen LogP contribution in [0.15, 0.2) is 30.3 Å². The summed E-state index contributed by atoms with van der Waals surface area (Å²) >= 11 is 0. The number of hydrogen-bond donors (Lipinski definition) is 0. The van der Waals surface area contributed by atoms with E-state index in [2.05, 4.69) is 6.92 Å². The lowest BCUT2D eigenvalue weighted by atomic mass is 9.87. The molecule has 2 rings (SSSR count). The van der Waals surface area contributed by atoms with Gasteiger partial charge in [-0.25, -0.2) is 4.79 Å². The Bertz CT molecular complexity index is 766. The number of halogens is 3.